The van der Waals surface area contributed by atoms with Crippen molar-refractivity contribution < 1.29 is 17.9 Å². The molecular formula is C15H23ClN2O4S. The minimum atomic E-state index is -3.63. The Labute approximate surface area is 142 Å². The van der Waals surface area contributed by atoms with Crippen LogP contribution < -0.4 is 5.32 Å². The molecular weight excluding hydrogens is 340 g/mol. The van der Waals surface area contributed by atoms with Crippen LogP contribution in [0.5, 0.6) is 0 Å². The van der Waals surface area contributed by atoms with Crippen LogP contribution in [-0.4, -0.2) is 51.5 Å². The normalized spacial score (nSPS) is 11.7. The molecule has 1 aromatic rings. The fraction of sp³-hybridized carbons (Fsp3) is 0.533. The second-order valence-corrected chi connectivity index (χ2v) is 7.03. The highest BCUT2D eigenvalue weighted by Crippen LogP contribution is 2.23. The lowest BCUT2D eigenvalue weighted by atomic mass is 10.2. The smallest absolute Gasteiger partial charge is 0.252 e. The number of nitrogens with zero attached hydrogens (tertiary/aromatic N) is 1. The standard InChI is InChI=1S/C15H23ClN2O4S/c1-4-18(5-2)23(20,21)12-7-8-14(16)13(11-12)15(19)17-9-10-22-6-3/h7-8,11H,4-6,9-10H2,1-3H3,(H,17,19). The summed E-state index contributed by atoms with van der Waals surface area (Å²) in [6.07, 6.45) is 0. The van der Waals surface area contributed by atoms with Crippen molar-refractivity contribution >= 4 is 27.5 Å². The van der Waals surface area contributed by atoms with Gasteiger partial charge in [0.15, 0.2) is 0 Å². The summed E-state index contributed by atoms with van der Waals surface area (Å²) >= 11 is 6.03. The SMILES string of the molecule is CCOCCNC(=O)c1cc(S(=O)(=O)N(CC)CC)ccc1Cl. The molecule has 1 aromatic carbocycles. The lowest BCUT2D eigenvalue weighted by molar-refractivity contribution is 0.0922. The summed E-state index contributed by atoms with van der Waals surface area (Å²) in [7, 11) is -3.63. The first-order chi connectivity index (χ1) is 10.9. The zero-order valence-corrected chi connectivity index (χ0v) is 15.2. The van der Waals surface area contributed by atoms with E-state index < -0.39 is 15.9 Å². The van der Waals surface area contributed by atoms with Gasteiger partial charge in [-0.15, -0.1) is 0 Å². The molecule has 0 saturated carbocycles. The van der Waals surface area contributed by atoms with E-state index in [1.165, 1.54) is 22.5 Å². The molecule has 0 aliphatic carbocycles. The van der Waals surface area contributed by atoms with E-state index >= 15 is 0 Å². The van der Waals surface area contributed by atoms with E-state index in [1.54, 1.807) is 13.8 Å². The molecule has 130 valence electrons. The maximum absolute atomic E-state index is 12.5. The Bertz CT molecular complexity index is 630. The molecule has 0 fully saturated rings. The quantitative estimate of drug-likeness (QED) is 0.683. The summed E-state index contributed by atoms with van der Waals surface area (Å²) in [5.41, 5.74) is 0.136. The predicted octanol–water partition coefficient (Wildman–Crippen LogP) is 2.14. The molecule has 1 N–H and O–H groups in total. The average Bonchev–Trinajstić information content (AvgIpc) is 2.52. The van der Waals surface area contributed by atoms with Crippen LogP contribution in [0.4, 0.5) is 0 Å². The highest BCUT2D eigenvalue weighted by atomic mass is 35.5. The maximum Gasteiger partial charge on any atom is 0.252 e. The van der Waals surface area contributed by atoms with E-state index in [9.17, 15) is 13.2 Å². The monoisotopic (exact) mass is 362 g/mol. The molecule has 1 amide bonds. The van der Waals surface area contributed by atoms with Crippen molar-refractivity contribution in [2.24, 2.45) is 0 Å². The molecule has 0 atom stereocenters. The second-order valence-electron chi connectivity index (χ2n) is 4.68. The van der Waals surface area contributed by atoms with Crippen molar-refractivity contribution in [1.82, 2.24) is 9.62 Å². The fourth-order valence-corrected chi connectivity index (χ4v) is 3.72. The molecule has 0 heterocycles. The van der Waals surface area contributed by atoms with E-state index in [0.717, 1.165) is 0 Å². The molecule has 0 spiro atoms. The molecule has 0 aromatic heterocycles. The van der Waals surface area contributed by atoms with E-state index in [0.29, 0.717) is 32.8 Å². The summed E-state index contributed by atoms with van der Waals surface area (Å²) in [6, 6.07) is 4.15. The van der Waals surface area contributed by atoms with Crippen molar-refractivity contribution in [3.8, 4) is 0 Å². The van der Waals surface area contributed by atoms with Gasteiger partial charge in [0.25, 0.3) is 5.91 Å². The van der Waals surface area contributed by atoms with E-state index in [1.807, 2.05) is 6.92 Å². The van der Waals surface area contributed by atoms with Crippen LogP contribution in [0.15, 0.2) is 23.1 Å². The van der Waals surface area contributed by atoms with Crippen molar-refractivity contribution in [2.75, 3.05) is 32.8 Å². The van der Waals surface area contributed by atoms with Crippen molar-refractivity contribution in [3.63, 3.8) is 0 Å². The van der Waals surface area contributed by atoms with Crippen LogP contribution >= 0.6 is 11.6 Å². The van der Waals surface area contributed by atoms with Crippen LogP contribution in [-0.2, 0) is 14.8 Å². The third kappa shape index (κ3) is 5.17. The topological polar surface area (TPSA) is 75.7 Å². The number of hydrogen-bond acceptors (Lipinski definition) is 4. The molecule has 0 radical (unpaired) electrons. The maximum atomic E-state index is 12.5. The predicted molar refractivity (Wildman–Crippen MR) is 90.4 cm³/mol. The van der Waals surface area contributed by atoms with Gasteiger partial charge in [0.05, 0.1) is 22.1 Å². The van der Waals surface area contributed by atoms with Crippen molar-refractivity contribution in [1.29, 1.82) is 0 Å². The van der Waals surface area contributed by atoms with Crippen molar-refractivity contribution in [2.45, 2.75) is 25.7 Å². The Morgan fingerprint density at radius 1 is 1.26 bits per heavy atom. The minimum absolute atomic E-state index is 0.0561. The number of amides is 1. The first-order valence-corrected chi connectivity index (χ1v) is 9.35. The lowest BCUT2D eigenvalue weighted by Gasteiger charge is -2.19. The summed E-state index contributed by atoms with van der Waals surface area (Å²) in [5.74, 6) is -0.425. The number of nitrogens with one attached hydrogen (secondary N) is 1. The van der Waals surface area contributed by atoms with Crippen LogP contribution in [0.25, 0.3) is 0 Å². The number of carbonyl (C=O) groups is 1. The Hall–Kier alpha value is -1.15. The Morgan fingerprint density at radius 3 is 2.48 bits per heavy atom. The Balaban J connectivity index is 3.01. The molecule has 0 unspecified atom stereocenters. The molecule has 0 saturated heterocycles. The highest BCUT2D eigenvalue weighted by Gasteiger charge is 2.23. The van der Waals surface area contributed by atoms with E-state index in [-0.39, 0.29) is 15.5 Å². The summed E-state index contributed by atoms with van der Waals surface area (Å²) < 4.78 is 31.5. The van der Waals surface area contributed by atoms with Gasteiger partial charge in [0.1, 0.15) is 0 Å². The van der Waals surface area contributed by atoms with Gasteiger partial charge >= 0.3 is 0 Å². The number of sulfonamides is 1. The number of rotatable bonds is 9. The average molecular weight is 363 g/mol. The molecule has 0 aliphatic rings. The summed E-state index contributed by atoms with van der Waals surface area (Å²) in [6.45, 7) is 7.38. The summed E-state index contributed by atoms with van der Waals surface area (Å²) in [4.78, 5) is 12.2. The Morgan fingerprint density at radius 2 is 1.91 bits per heavy atom. The highest BCUT2D eigenvalue weighted by molar-refractivity contribution is 7.89. The number of ether oxygens (including phenoxy) is 1. The Kier molecular flexibility index (Phi) is 7.98. The number of carbonyl (C=O) groups excluding carboxylic acids is 1. The largest absolute Gasteiger partial charge is 0.380 e. The zero-order chi connectivity index (χ0) is 17.5. The molecule has 0 bridgehead atoms. The van der Waals surface area contributed by atoms with Gasteiger partial charge in [0, 0.05) is 26.2 Å². The zero-order valence-electron chi connectivity index (χ0n) is 13.6. The second kappa shape index (κ2) is 9.22. The van der Waals surface area contributed by atoms with Crippen LogP contribution in [0.2, 0.25) is 5.02 Å². The van der Waals surface area contributed by atoms with E-state index in [2.05, 4.69) is 5.32 Å². The third-order valence-corrected chi connectivity index (χ3v) is 5.64. The number of benzene rings is 1. The third-order valence-electron chi connectivity index (χ3n) is 3.26. The van der Waals surface area contributed by atoms with Crippen molar-refractivity contribution in [3.05, 3.63) is 28.8 Å². The van der Waals surface area contributed by atoms with Crippen LogP contribution in [0.3, 0.4) is 0 Å². The molecule has 0 aliphatic heterocycles. The van der Waals surface area contributed by atoms with Gasteiger partial charge in [-0.3, -0.25) is 4.79 Å². The molecule has 1 rings (SSSR count). The van der Waals surface area contributed by atoms with Gasteiger partial charge in [0.2, 0.25) is 10.0 Å². The van der Waals surface area contributed by atoms with Gasteiger partial charge in [-0.05, 0) is 25.1 Å². The molecule has 23 heavy (non-hydrogen) atoms. The van der Waals surface area contributed by atoms with Gasteiger partial charge in [-0.25, -0.2) is 8.42 Å². The van der Waals surface area contributed by atoms with E-state index in [4.69, 9.17) is 16.3 Å². The first kappa shape index (κ1) is 19.9. The fourth-order valence-electron chi connectivity index (χ4n) is 2.03. The number of halogens is 1. The van der Waals surface area contributed by atoms with Crippen LogP contribution in [0, 0.1) is 0 Å². The minimum Gasteiger partial charge on any atom is -0.380 e. The summed E-state index contributed by atoms with van der Waals surface area (Å²) in [5, 5.41) is 2.86. The van der Waals surface area contributed by atoms with Crippen LogP contribution in [0.1, 0.15) is 31.1 Å². The lowest BCUT2D eigenvalue weighted by Crippen LogP contribution is -2.31. The first-order valence-electron chi connectivity index (χ1n) is 7.54. The number of hydrogen-bond donors (Lipinski definition) is 1. The van der Waals surface area contributed by atoms with Gasteiger partial charge in [-0.2, -0.15) is 4.31 Å². The van der Waals surface area contributed by atoms with Gasteiger partial charge in [-0.1, -0.05) is 25.4 Å². The molecule has 8 heteroatoms. The van der Waals surface area contributed by atoms with Gasteiger partial charge < -0.3 is 10.1 Å². The molecule has 6 nitrogen and oxygen atoms in total.